The number of ether oxygens (including phenoxy) is 4. The van der Waals surface area contributed by atoms with E-state index in [-0.39, 0.29) is 107 Å². The normalized spacial score (nSPS) is 13.2. The number of rotatable bonds is 33. The third-order valence-corrected chi connectivity index (χ3v) is 10.8. The lowest BCUT2D eigenvalue weighted by atomic mass is 10.0. The minimum absolute atomic E-state index is 0.0130. The van der Waals surface area contributed by atoms with Gasteiger partial charge in [-0.05, 0) is 50.7 Å². The number of nitrogens with two attached hydrogens (primary N) is 1. The molecule has 70 heavy (non-hydrogen) atoms. The minimum atomic E-state index is -0.887. The van der Waals surface area contributed by atoms with Gasteiger partial charge in [0.15, 0.2) is 5.82 Å². The summed E-state index contributed by atoms with van der Waals surface area (Å²) in [6.45, 7) is 14.2. The van der Waals surface area contributed by atoms with Crippen molar-refractivity contribution in [3.8, 4) is 5.88 Å². The molecule has 1 aliphatic rings. The van der Waals surface area contributed by atoms with Gasteiger partial charge < -0.3 is 55.8 Å². The third kappa shape index (κ3) is 18.8. The van der Waals surface area contributed by atoms with Gasteiger partial charge in [-0.25, -0.2) is 4.98 Å². The second-order valence-electron chi connectivity index (χ2n) is 17.3. The average molecular weight is 978 g/mol. The van der Waals surface area contributed by atoms with Crippen LogP contribution in [0.2, 0.25) is 0 Å². The van der Waals surface area contributed by atoms with Gasteiger partial charge in [-0.15, -0.1) is 10.2 Å². The van der Waals surface area contributed by atoms with Gasteiger partial charge in [0, 0.05) is 70.6 Å². The molecular weight excluding hydrogens is 907 g/mol. The lowest BCUT2D eigenvalue weighted by Crippen LogP contribution is -2.54. The molecule has 0 saturated carbocycles. The van der Waals surface area contributed by atoms with Crippen molar-refractivity contribution in [3.05, 3.63) is 53.4 Å². The summed E-state index contributed by atoms with van der Waals surface area (Å²) in [7, 11) is 0. The number of aromatic nitrogens is 4. The Labute approximate surface area is 408 Å². The first-order valence-electron chi connectivity index (χ1n) is 24.0. The van der Waals surface area contributed by atoms with Crippen LogP contribution in [0.5, 0.6) is 5.88 Å². The molecule has 22 heteroatoms. The number of hydrogen-bond donors (Lipinski definition) is 6. The van der Waals surface area contributed by atoms with Crippen LogP contribution in [0.4, 0.5) is 5.82 Å². The van der Waals surface area contributed by atoms with Crippen LogP contribution in [0, 0.1) is 5.92 Å². The van der Waals surface area contributed by atoms with E-state index in [9.17, 15) is 33.6 Å². The number of hydrogen-bond acceptors (Lipinski definition) is 15. The number of imide groups is 1. The number of nitrogens with one attached hydrogen (secondary N) is 5. The minimum Gasteiger partial charge on any atom is -0.472 e. The molecule has 0 aliphatic carbocycles. The van der Waals surface area contributed by atoms with Gasteiger partial charge >= 0.3 is 0 Å². The van der Waals surface area contributed by atoms with Crippen molar-refractivity contribution in [1.29, 1.82) is 0 Å². The monoisotopic (exact) mass is 978 g/mol. The Morgan fingerprint density at radius 1 is 0.700 bits per heavy atom. The Morgan fingerprint density at radius 3 is 1.89 bits per heavy atom. The van der Waals surface area contributed by atoms with Gasteiger partial charge in [0.1, 0.15) is 28.9 Å². The van der Waals surface area contributed by atoms with Gasteiger partial charge in [-0.3, -0.25) is 38.5 Å². The fraction of sp³-hybridized carbons (Fsp3) is 0.583. The van der Waals surface area contributed by atoms with Gasteiger partial charge in [-0.1, -0.05) is 51.5 Å². The molecule has 0 fully saturated rings. The van der Waals surface area contributed by atoms with Crippen molar-refractivity contribution in [2.45, 2.75) is 118 Å². The fourth-order valence-corrected chi connectivity index (χ4v) is 7.04. The second-order valence-corrected chi connectivity index (χ2v) is 17.3. The van der Waals surface area contributed by atoms with Gasteiger partial charge in [-0.2, -0.15) is 0 Å². The van der Waals surface area contributed by atoms with Crippen LogP contribution >= 0.6 is 0 Å². The maximum Gasteiger partial charge on any atom is 0.260 e. The first-order valence-corrected chi connectivity index (χ1v) is 24.0. The number of fused-ring (bicyclic) bond motifs is 1. The van der Waals surface area contributed by atoms with Crippen LogP contribution in [0.3, 0.4) is 0 Å². The highest BCUT2D eigenvalue weighted by atomic mass is 16.5. The van der Waals surface area contributed by atoms with Crippen molar-refractivity contribution < 1.29 is 52.5 Å². The third-order valence-electron chi connectivity index (χ3n) is 10.8. The van der Waals surface area contributed by atoms with Crippen LogP contribution in [0.25, 0.3) is 11.0 Å². The van der Waals surface area contributed by atoms with E-state index in [1.807, 2.05) is 38.1 Å². The average Bonchev–Trinajstić information content (AvgIpc) is 3.85. The molecule has 0 spiro atoms. The molecule has 0 radical (unpaired) electrons. The number of nitrogens with zero attached hydrogens (tertiary/aromatic N) is 5. The number of aryl methyl sites for hydroxylation is 1. The summed E-state index contributed by atoms with van der Waals surface area (Å²) >= 11 is 0. The number of carbonyl (C=O) groups is 7. The maximum atomic E-state index is 13.2. The number of carbonyl (C=O) groups excluding carboxylic acids is 7. The van der Waals surface area contributed by atoms with Crippen LogP contribution in [0.15, 0.2) is 36.4 Å². The van der Waals surface area contributed by atoms with E-state index in [0.29, 0.717) is 49.9 Å². The number of unbranched alkanes of at least 4 members (excludes halogenated alkanes) is 1. The van der Waals surface area contributed by atoms with Crippen molar-refractivity contribution >= 4 is 58.2 Å². The van der Waals surface area contributed by atoms with E-state index in [4.69, 9.17) is 29.7 Å². The van der Waals surface area contributed by atoms with E-state index < -0.39 is 29.8 Å². The first-order chi connectivity index (χ1) is 33.6. The highest BCUT2D eigenvalue weighted by Crippen LogP contribution is 2.29. The predicted octanol–water partition coefficient (Wildman–Crippen LogP) is 1.62. The first kappa shape index (κ1) is 56.1. The number of benzene rings is 1. The molecular formula is C48H71N11O11. The fourth-order valence-electron chi connectivity index (χ4n) is 7.04. The van der Waals surface area contributed by atoms with E-state index in [1.165, 1.54) is 12.2 Å². The van der Waals surface area contributed by atoms with Crippen molar-refractivity contribution in [3.63, 3.8) is 0 Å². The summed E-state index contributed by atoms with van der Waals surface area (Å²) in [4.78, 5) is 92.2. The number of amides is 7. The maximum absolute atomic E-state index is 13.2. The molecule has 3 aromatic rings. The number of imidazole rings is 1. The molecule has 7 amide bonds. The van der Waals surface area contributed by atoms with E-state index in [1.54, 1.807) is 20.8 Å². The lowest BCUT2D eigenvalue weighted by Gasteiger charge is -2.24. The molecule has 4 rings (SSSR count). The van der Waals surface area contributed by atoms with Gasteiger partial charge in [0.25, 0.3) is 17.7 Å². The summed E-state index contributed by atoms with van der Waals surface area (Å²) in [6.07, 6.45) is 5.35. The van der Waals surface area contributed by atoms with Crippen LogP contribution in [-0.4, -0.2) is 143 Å². The Morgan fingerprint density at radius 2 is 1.29 bits per heavy atom. The van der Waals surface area contributed by atoms with E-state index in [0.717, 1.165) is 41.1 Å². The summed E-state index contributed by atoms with van der Waals surface area (Å²) in [6, 6.07) is 6.06. The zero-order chi connectivity index (χ0) is 51.0. The highest BCUT2D eigenvalue weighted by molar-refractivity contribution is 6.13. The van der Waals surface area contributed by atoms with E-state index in [2.05, 4.69) is 48.3 Å². The Kier molecular flexibility index (Phi) is 23.6. The molecule has 1 aliphatic heterocycles. The summed E-state index contributed by atoms with van der Waals surface area (Å²) in [5.41, 5.74) is 9.31. The topological polar surface area (TPSA) is 289 Å². The Balaban J connectivity index is 1.05. The molecule has 0 unspecified atom stereocenters. The van der Waals surface area contributed by atoms with Gasteiger partial charge in [0.05, 0.1) is 45.7 Å². The number of nitrogen functional groups attached to an aromatic ring is 1. The molecule has 1 aromatic carbocycles. The van der Waals surface area contributed by atoms with Crippen LogP contribution in [0.1, 0.15) is 97.0 Å². The van der Waals surface area contributed by atoms with Crippen LogP contribution in [-0.2, 0) is 67.3 Å². The molecule has 384 valence electrons. The van der Waals surface area contributed by atoms with Crippen molar-refractivity contribution in [2.24, 2.45) is 5.92 Å². The zero-order valence-electron chi connectivity index (χ0n) is 41.3. The second kappa shape index (κ2) is 29.5. The lowest BCUT2D eigenvalue weighted by molar-refractivity contribution is -0.137. The molecule has 2 aromatic heterocycles. The Hall–Kier alpha value is -6.52. The zero-order valence-corrected chi connectivity index (χ0v) is 41.3. The standard InChI is InChI=1S/C48H71N11O11/c1-7-8-10-36-54-43-44(48(70-32(4)5)57-56-45(43)49)59(36)30-35-15-13-34(14-16-35)29-52-46(65)33(6)53-47(66)42(31(2)3)55-39(62)12-9-11-37(60)50-20-23-67-25-27-69-28-26-68-24-21-51-38(61)19-22-58-40(63)17-18-41(58)64/h13-18,31-33,42H,7-12,19-30H2,1-6H3,(H2,49,56)(H,50,60)(H,51,61)(H,52,65)(H,53,66)(H,55,62)/t33-,42-/m0/s1. The van der Waals surface area contributed by atoms with Gasteiger partial charge in [0.2, 0.25) is 29.5 Å². The molecule has 0 bridgehead atoms. The highest BCUT2D eigenvalue weighted by Gasteiger charge is 2.28. The molecule has 3 heterocycles. The summed E-state index contributed by atoms with van der Waals surface area (Å²) in [5.74, 6) is -1.43. The van der Waals surface area contributed by atoms with E-state index >= 15 is 0 Å². The summed E-state index contributed by atoms with van der Waals surface area (Å²) in [5, 5.41) is 22.1. The molecule has 0 saturated heterocycles. The van der Waals surface area contributed by atoms with Crippen LogP contribution < -0.4 is 37.1 Å². The van der Waals surface area contributed by atoms with Crippen molar-refractivity contribution in [1.82, 2.24) is 51.2 Å². The number of anilines is 1. The molecule has 22 nitrogen and oxygen atoms in total. The largest absolute Gasteiger partial charge is 0.472 e. The molecule has 7 N–H and O–H groups in total. The Bertz CT molecular complexity index is 2230. The smallest absolute Gasteiger partial charge is 0.260 e. The quantitative estimate of drug-likeness (QED) is 0.0374. The van der Waals surface area contributed by atoms with Crippen molar-refractivity contribution in [2.75, 3.05) is 65.0 Å². The summed E-state index contributed by atoms with van der Waals surface area (Å²) < 4.78 is 24.4. The SMILES string of the molecule is CCCCc1nc2c(N)nnc(OC(C)C)c2n1Cc1ccc(CNC(=O)[C@H](C)NC(=O)[C@@H](NC(=O)CCCC(=O)NCCOCCOCCOCCNC(=O)CCN2C(=O)C=CC2=O)C(C)C)cc1. The molecule has 2 atom stereocenters. The predicted molar refractivity (Wildman–Crippen MR) is 259 cm³/mol.